The van der Waals surface area contributed by atoms with E-state index in [0.717, 1.165) is 27.0 Å². The number of nitrogens with one attached hydrogen (secondary N) is 1. The summed E-state index contributed by atoms with van der Waals surface area (Å²) in [6.07, 6.45) is 0. The van der Waals surface area contributed by atoms with Crippen molar-refractivity contribution in [2.45, 2.75) is 6.92 Å². The minimum Gasteiger partial charge on any atom is -0.327 e. The van der Waals surface area contributed by atoms with E-state index in [1.165, 1.54) is 0 Å². The summed E-state index contributed by atoms with van der Waals surface area (Å²) in [6.45, 7) is 1.92. The monoisotopic (exact) mass is 390 g/mol. The molecular formula is C12H9BrCl2N4S. The third-order valence-electron chi connectivity index (χ3n) is 3.09. The van der Waals surface area contributed by atoms with Crippen LogP contribution in [0.15, 0.2) is 16.6 Å². The maximum Gasteiger partial charge on any atom is 0.184 e. The summed E-state index contributed by atoms with van der Waals surface area (Å²) in [5.41, 5.74) is 3.35. The van der Waals surface area contributed by atoms with Gasteiger partial charge in [0.1, 0.15) is 5.52 Å². The van der Waals surface area contributed by atoms with Crippen molar-refractivity contribution in [2.24, 2.45) is 7.05 Å². The maximum absolute atomic E-state index is 6.35. The summed E-state index contributed by atoms with van der Waals surface area (Å²) in [7, 11) is 1.86. The number of fused-ring (bicyclic) bond motifs is 1. The van der Waals surface area contributed by atoms with Crippen LogP contribution in [0.1, 0.15) is 5.69 Å². The number of imidazole rings is 1. The van der Waals surface area contributed by atoms with Crippen molar-refractivity contribution in [2.75, 3.05) is 0 Å². The van der Waals surface area contributed by atoms with Gasteiger partial charge in [-0.15, -0.1) is 0 Å². The van der Waals surface area contributed by atoms with E-state index in [1.807, 2.05) is 30.7 Å². The molecule has 1 N–H and O–H groups in total. The van der Waals surface area contributed by atoms with Gasteiger partial charge in [0, 0.05) is 11.5 Å². The Balaban J connectivity index is 2.44. The Labute approximate surface area is 138 Å². The summed E-state index contributed by atoms with van der Waals surface area (Å²) in [5.74, 6) is 0. The summed E-state index contributed by atoms with van der Waals surface area (Å²) >= 11 is 21.3. The third-order valence-corrected chi connectivity index (χ3v) is 5.14. The molecule has 0 saturated heterocycles. The molecule has 2 aromatic heterocycles. The predicted octanol–water partition coefficient (Wildman–Crippen LogP) is 4.80. The predicted molar refractivity (Wildman–Crippen MR) is 87.7 cm³/mol. The number of nitrogens with zero attached hydrogens (tertiary/aromatic N) is 3. The van der Waals surface area contributed by atoms with Gasteiger partial charge in [-0.05, 0) is 47.2 Å². The van der Waals surface area contributed by atoms with Crippen molar-refractivity contribution < 1.29 is 0 Å². The Morgan fingerprint density at radius 1 is 1.30 bits per heavy atom. The van der Waals surface area contributed by atoms with Gasteiger partial charge in [0.05, 0.1) is 21.4 Å². The van der Waals surface area contributed by atoms with Crippen molar-refractivity contribution in [3.63, 3.8) is 0 Å². The van der Waals surface area contributed by atoms with Crippen molar-refractivity contribution in [3.8, 4) is 5.69 Å². The number of halogens is 3. The SMILES string of the molecule is Cc1nn(C)c2c1[nH]c(=S)n2-c1ccc(Br)c(Cl)c1Cl. The van der Waals surface area contributed by atoms with Gasteiger partial charge in [0.2, 0.25) is 0 Å². The fraction of sp³-hybridized carbons (Fsp3) is 0.167. The molecule has 3 rings (SSSR count). The van der Waals surface area contributed by atoms with Gasteiger partial charge >= 0.3 is 0 Å². The van der Waals surface area contributed by atoms with Crippen LogP contribution in [0.5, 0.6) is 0 Å². The molecule has 3 aromatic rings. The first-order chi connectivity index (χ1) is 9.41. The molecule has 0 aliphatic carbocycles. The molecule has 2 heterocycles. The molecule has 0 radical (unpaired) electrons. The van der Waals surface area contributed by atoms with Gasteiger partial charge in [-0.3, -0.25) is 4.57 Å². The zero-order valence-electron chi connectivity index (χ0n) is 10.5. The second kappa shape index (κ2) is 4.87. The molecule has 0 aliphatic rings. The smallest absolute Gasteiger partial charge is 0.184 e. The number of aromatic amines is 1. The Morgan fingerprint density at radius 2 is 2.00 bits per heavy atom. The Morgan fingerprint density at radius 3 is 2.70 bits per heavy atom. The van der Waals surface area contributed by atoms with Crippen molar-refractivity contribution in [3.05, 3.63) is 37.1 Å². The number of aryl methyl sites for hydroxylation is 2. The number of hydrogen-bond donors (Lipinski definition) is 1. The summed E-state index contributed by atoms with van der Waals surface area (Å²) < 4.78 is 4.90. The molecular weight excluding hydrogens is 383 g/mol. The van der Waals surface area contributed by atoms with Crippen LogP contribution in [0, 0.1) is 11.7 Å². The molecule has 20 heavy (non-hydrogen) atoms. The van der Waals surface area contributed by atoms with Gasteiger partial charge in [-0.25, -0.2) is 4.68 Å². The molecule has 0 bridgehead atoms. The molecule has 0 aliphatic heterocycles. The molecule has 0 unspecified atom stereocenters. The molecule has 1 aromatic carbocycles. The lowest BCUT2D eigenvalue weighted by molar-refractivity contribution is 0.759. The van der Waals surface area contributed by atoms with Gasteiger partial charge < -0.3 is 4.98 Å². The van der Waals surface area contributed by atoms with E-state index < -0.39 is 0 Å². The molecule has 0 amide bonds. The summed E-state index contributed by atoms with van der Waals surface area (Å²) in [6, 6.07) is 3.71. The van der Waals surface area contributed by atoms with Crippen LogP contribution >= 0.6 is 51.3 Å². The lowest BCUT2D eigenvalue weighted by Gasteiger charge is -2.09. The fourth-order valence-corrected chi connectivity index (χ4v) is 3.36. The minimum absolute atomic E-state index is 0.442. The standard InChI is InChI=1S/C12H9BrCl2N4S/c1-5-10-11(18(2)17-5)19(12(20)16-10)7-4-3-6(13)8(14)9(7)15/h3-4H,1-2H3,(H,16,20). The highest BCUT2D eigenvalue weighted by molar-refractivity contribution is 9.10. The molecule has 0 fully saturated rings. The molecule has 104 valence electrons. The average molecular weight is 392 g/mol. The number of hydrogen-bond acceptors (Lipinski definition) is 2. The maximum atomic E-state index is 6.35. The normalized spacial score (nSPS) is 11.4. The minimum atomic E-state index is 0.442. The first kappa shape index (κ1) is 14.1. The van der Waals surface area contributed by atoms with Crippen LogP contribution in [-0.2, 0) is 7.05 Å². The molecule has 0 saturated carbocycles. The van der Waals surface area contributed by atoms with Crippen LogP contribution in [0.2, 0.25) is 10.0 Å². The van der Waals surface area contributed by atoms with Gasteiger partial charge in [0.25, 0.3) is 0 Å². The van der Waals surface area contributed by atoms with E-state index in [9.17, 15) is 0 Å². The Kier molecular flexibility index (Phi) is 3.44. The van der Waals surface area contributed by atoms with Crippen LogP contribution in [-0.4, -0.2) is 19.3 Å². The van der Waals surface area contributed by atoms with Gasteiger partial charge in [0.15, 0.2) is 10.4 Å². The first-order valence-electron chi connectivity index (χ1n) is 5.70. The number of H-pyrrole nitrogens is 1. The van der Waals surface area contributed by atoms with Crippen molar-refractivity contribution >= 4 is 62.5 Å². The topological polar surface area (TPSA) is 38.5 Å². The zero-order valence-corrected chi connectivity index (χ0v) is 14.5. The van der Waals surface area contributed by atoms with Crippen LogP contribution in [0.3, 0.4) is 0 Å². The number of benzene rings is 1. The highest BCUT2D eigenvalue weighted by Gasteiger charge is 2.17. The van der Waals surface area contributed by atoms with Gasteiger partial charge in [-0.1, -0.05) is 23.2 Å². The first-order valence-corrected chi connectivity index (χ1v) is 7.65. The largest absolute Gasteiger partial charge is 0.327 e. The Hall–Kier alpha value is -0.820. The van der Waals surface area contributed by atoms with Crippen molar-refractivity contribution in [1.29, 1.82) is 0 Å². The van der Waals surface area contributed by atoms with E-state index >= 15 is 0 Å². The van der Waals surface area contributed by atoms with E-state index in [4.69, 9.17) is 35.4 Å². The number of rotatable bonds is 1. The second-order valence-electron chi connectivity index (χ2n) is 4.37. The lowest BCUT2D eigenvalue weighted by Crippen LogP contribution is -2.01. The Bertz CT molecular complexity index is 893. The van der Waals surface area contributed by atoms with Gasteiger partial charge in [-0.2, -0.15) is 5.10 Å². The highest BCUT2D eigenvalue weighted by atomic mass is 79.9. The highest BCUT2D eigenvalue weighted by Crippen LogP contribution is 2.36. The summed E-state index contributed by atoms with van der Waals surface area (Å²) in [4.78, 5) is 3.16. The molecule has 4 nitrogen and oxygen atoms in total. The lowest BCUT2D eigenvalue weighted by atomic mass is 10.3. The molecule has 8 heteroatoms. The van der Waals surface area contributed by atoms with Crippen LogP contribution < -0.4 is 0 Å². The molecule has 0 atom stereocenters. The van der Waals surface area contributed by atoms with E-state index in [-0.39, 0.29) is 0 Å². The van der Waals surface area contributed by atoms with E-state index in [2.05, 4.69) is 26.0 Å². The van der Waals surface area contributed by atoms with Crippen LogP contribution in [0.4, 0.5) is 0 Å². The zero-order chi connectivity index (χ0) is 14.6. The van der Waals surface area contributed by atoms with Crippen LogP contribution in [0.25, 0.3) is 16.9 Å². The van der Waals surface area contributed by atoms with Crippen molar-refractivity contribution in [1.82, 2.24) is 19.3 Å². The van der Waals surface area contributed by atoms with E-state index in [1.54, 1.807) is 4.68 Å². The molecule has 0 spiro atoms. The third kappa shape index (κ3) is 1.94. The quantitative estimate of drug-likeness (QED) is 0.478. The van der Waals surface area contributed by atoms with E-state index in [0.29, 0.717) is 14.8 Å². The fourth-order valence-electron chi connectivity index (χ4n) is 2.22. The average Bonchev–Trinajstić information content (AvgIpc) is 2.86. The summed E-state index contributed by atoms with van der Waals surface area (Å²) in [5, 5.41) is 5.28. The second-order valence-corrected chi connectivity index (χ2v) is 6.36. The number of aromatic nitrogens is 4.